The van der Waals surface area contributed by atoms with Gasteiger partial charge in [-0.25, -0.2) is 0 Å². The molecule has 0 aliphatic carbocycles. The van der Waals surface area contributed by atoms with Crippen molar-refractivity contribution >= 4 is 33.2 Å². The Morgan fingerprint density at radius 2 is 2.00 bits per heavy atom. The van der Waals surface area contributed by atoms with Crippen LogP contribution in [0.5, 0.6) is 0 Å². The summed E-state index contributed by atoms with van der Waals surface area (Å²) in [5.41, 5.74) is 3.52. The van der Waals surface area contributed by atoms with E-state index in [4.69, 9.17) is 11.6 Å². The van der Waals surface area contributed by atoms with E-state index in [0.717, 1.165) is 27.3 Å². The fourth-order valence-electron chi connectivity index (χ4n) is 1.63. The van der Waals surface area contributed by atoms with Crippen molar-refractivity contribution in [3.63, 3.8) is 0 Å². The first kappa shape index (κ1) is 12.5. The highest BCUT2D eigenvalue weighted by atomic mass is 79.9. The molecule has 0 fully saturated rings. The van der Waals surface area contributed by atoms with E-state index < -0.39 is 0 Å². The smallest absolute Gasteiger partial charge is 0.0412 e. The molecule has 17 heavy (non-hydrogen) atoms. The van der Waals surface area contributed by atoms with Gasteiger partial charge in [0.05, 0.1) is 0 Å². The summed E-state index contributed by atoms with van der Waals surface area (Å²) in [5, 5.41) is 4.14. The van der Waals surface area contributed by atoms with Crippen molar-refractivity contribution in [2.24, 2.45) is 0 Å². The lowest BCUT2D eigenvalue weighted by Gasteiger charge is -2.09. The molecule has 0 aromatic heterocycles. The predicted octanol–water partition coefficient (Wildman–Crippen LogP) is 5.02. The van der Waals surface area contributed by atoms with Gasteiger partial charge in [0.15, 0.2) is 0 Å². The second-order valence-corrected chi connectivity index (χ2v) is 5.25. The maximum atomic E-state index is 5.98. The van der Waals surface area contributed by atoms with Gasteiger partial charge in [0.1, 0.15) is 0 Å². The highest BCUT2D eigenvalue weighted by Gasteiger charge is 2.01. The molecule has 0 bridgehead atoms. The second kappa shape index (κ2) is 5.56. The van der Waals surface area contributed by atoms with Gasteiger partial charge in [0.2, 0.25) is 0 Å². The second-order valence-electron chi connectivity index (χ2n) is 3.96. The molecule has 2 rings (SSSR count). The third-order valence-corrected chi connectivity index (χ3v) is 3.52. The number of nitrogens with one attached hydrogen (secondary N) is 1. The number of hydrogen-bond acceptors (Lipinski definition) is 1. The van der Waals surface area contributed by atoms with Crippen molar-refractivity contribution < 1.29 is 0 Å². The van der Waals surface area contributed by atoms with E-state index in [1.165, 1.54) is 5.56 Å². The van der Waals surface area contributed by atoms with Gasteiger partial charge in [-0.3, -0.25) is 0 Å². The Bertz CT molecular complexity index is 525. The minimum atomic E-state index is 0.755. The van der Waals surface area contributed by atoms with Crippen LogP contribution in [-0.2, 0) is 6.54 Å². The van der Waals surface area contributed by atoms with Crippen molar-refractivity contribution in [1.29, 1.82) is 0 Å². The van der Waals surface area contributed by atoms with Gasteiger partial charge in [-0.1, -0.05) is 39.7 Å². The summed E-state index contributed by atoms with van der Waals surface area (Å²) in [5.74, 6) is 0. The molecule has 2 aromatic rings. The first-order valence-corrected chi connectivity index (χ1v) is 6.57. The van der Waals surface area contributed by atoms with Crippen LogP contribution in [0.3, 0.4) is 0 Å². The van der Waals surface area contributed by atoms with Gasteiger partial charge in [-0.15, -0.1) is 0 Å². The van der Waals surface area contributed by atoms with Gasteiger partial charge >= 0.3 is 0 Å². The molecule has 1 nitrogen and oxygen atoms in total. The van der Waals surface area contributed by atoms with E-state index in [-0.39, 0.29) is 0 Å². The average molecular weight is 311 g/mol. The molecule has 0 atom stereocenters. The predicted molar refractivity (Wildman–Crippen MR) is 77.7 cm³/mol. The highest BCUT2D eigenvalue weighted by molar-refractivity contribution is 9.10. The Labute approximate surface area is 115 Å². The average Bonchev–Trinajstić information content (AvgIpc) is 2.30. The molecule has 2 aromatic carbocycles. The summed E-state index contributed by atoms with van der Waals surface area (Å²) in [6.07, 6.45) is 0. The number of hydrogen-bond donors (Lipinski definition) is 1. The number of halogens is 2. The SMILES string of the molecule is Cc1cccc(NCc2cc(Cl)ccc2Br)c1. The lowest BCUT2D eigenvalue weighted by Crippen LogP contribution is -2.00. The molecule has 1 N–H and O–H groups in total. The largest absolute Gasteiger partial charge is 0.381 e. The topological polar surface area (TPSA) is 12.0 Å². The zero-order valence-electron chi connectivity index (χ0n) is 9.50. The van der Waals surface area contributed by atoms with Gasteiger partial charge in [-0.2, -0.15) is 0 Å². The van der Waals surface area contributed by atoms with Gasteiger partial charge in [0.25, 0.3) is 0 Å². The highest BCUT2D eigenvalue weighted by Crippen LogP contribution is 2.22. The van der Waals surface area contributed by atoms with Crippen LogP contribution in [0, 0.1) is 6.92 Å². The van der Waals surface area contributed by atoms with Crippen molar-refractivity contribution in [3.8, 4) is 0 Å². The van der Waals surface area contributed by atoms with Gasteiger partial charge < -0.3 is 5.32 Å². The first-order chi connectivity index (χ1) is 8.15. The molecule has 0 spiro atoms. The Morgan fingerprint density at radius 3 is 2.76 bits per heavy atom. The monoisotopic (exact) mass is 309 g/mol. The fraction of sp³-hybridized carbons (Fsp3) is 0.143. The molecule has 0 radical (unpaired) electrons. The Hall–Kier alpha value is -0.990. The van der Waals surface area contributed by atoms with E-state index in [1.54, 1.807) is 0 Å². The minimum absolute atomic E-state index is 0.755. The molecule has 0 heterocycles. The molecule has 88 valence electrons. The van der Waals surface area contributed by atoms with Crippen LogP contribution in [0.25, 0.3) is 0 Å². The van der Waals surface area contributed by atoms with Crippen LogP contribution < -0.4 is 5.32 Å². The molecule has 0 amide bonds. The van der Waals surface area contributed by atoms with Crippen LogP contribution in [0.15, 0.2) is 46.9 Å². The lowest BCUT2D eigenvalue weighted by molar-refractivity contribution is 1.13. The summed E-state index contributed by atoms with van der Waals surface area (Å²) >= 11 is 9.49. The summed E-state index contributed by atoms with van der Waals surface area (Å²) < 4.78 is 1.07. The van der Waals surface area contributed by atoms with Crippen LogP contribution in [0.1, 0.15) is 11.1 Å². The molecule has 0 aliphatic heterocycles. The van der Waals surface area contributed by atoms with E-state index in [2.05, 4.69) is 46.4 Å². The summed E-state index contributed by atoms with van der Waals surface area (Å²) in [6, 6.07) is 14.1. The third-order valence-electron chi connectivity index (χ3n) is 2.51. The number of benzene rings is 2. The molecule has 0 saturated carbocycles. The molecular weight excluding hydrogens is 298 g/mol. The quantitative estimate of drug-likeness (QED) is 0.839. The number of anilines is 1. The zero-order chi connectivity index (χ0) is 12.3. The molecular formula is C14H13BrClN. The summed E-state index contributed by atoms with van der Waals surface area (Å²) in [7, 11) is 0. The van der Waals surface area contributed by atoms with Crippen LogP contribution in [-0.4, -0.2) is 0 Å². The van der Waals surface area contributed by atoms with Crippen molar-refractivity contribution in [2.45, 2.75) is 13.5 Å². The van der Waals surface area contributed by atoms with E-state index in [1.807, 2.05) is 24.3 Å². The third kappa shape index (κ3) is 3.48. The molecule has 0 aliphatic rings. The fourth-order valence-corrected chi connectivity index (χ4v) is 2.21. The standard InChI is InChI=1S/C14H13BrClN/c1-10-3-2-4-13(7-10)17-9-11-8-12(16)5-6-14(11)15/h2-8,17H,9H2,1H3. The Kier molecular flexibility index (Phi) is 4.08. The van der Waals surface area contributed by atoms with Crippen LogP contribution in [0.4, 0.5) is 5.69 Å². The number of rotatable bonds is 3. The normalized spacial score (nSPS) is 10.3. The van der Waals surface area contributed by atoms with E-state index >= 15 is 0 Å². The Balaban J connectivity index is 2.09. The van der Waals surface area contributed by atoms with Crippen molar-refractivity contribution in [1.82, 2.24) is 0 Å². The summed E-state index contributed by atoms with van der Waals surface area (Å²) in [4.78, 5) is 0. The van der Waals surface area contributed by atoms with Crippen molar-refractivity contribution in [2.75, 3.05) is 5.32 Å². The van der Waals surface area contributed by atoms with Crippen molar-refractivity contribution in [3.05, 3.63) is 63.1 Å². The van der Waals surface area contributed by atoms with Crippen LogP contribution >= 0.6 is 27.5 Å². The van der Waals surface area contributed by atoms with E-state index in [0.29, 0.717) is 0 Å². The van der Waals surface area contributed by atoms with Gasteiger partial charge in [0, 0.05) is 21.7 Å². The molecule has 0 unspecified atom stereocenters. The first-order valence-electron chi connectivity index (χ1n) is 5.39. The minimum Gasteiger partial charge on any atom is -0.381 e. The maximum absolute atomic E-state index is 5.98. The summed E-state index contributed by atoms with van der Waals surface area (Å²) in [6.45, 7) is 2.84. The maximum Gasteiger partial charge on any atom is 0.0412 e. The molecule has 0 saturated heterocycles. The number of aryl methyl sites for hydroxylation is 1. The zero-order valence-corrected chi connectivity index (χ0v) is 11.8. The van der Waals surface area contributed by atoms with Gasteiger partial charge in [-0.05, 0) is 48.4 Å². The van der Waals surface area contributed by atoms with Crippen LogP contribution in [0.2, 0.25) is 5.02 Å². The molecule has 3 heteroatoms. The lowest BCUT2D eigenvalue weighted by atomic mass is 10.2. The van der Waals surface area contributed by atoms with E-state index in [9.17, 15) is 0 Å². The Morgan fingerprint density at radius 1 is 1.18 bits per heavy atom.